The Hall–Kier alpha value is 0.0500. The first-order valence-corrected chi connectivity index (χ1v) is 4.60. The smallest absolute Gasteiger partial charge is 0.0424 e. The Labute approximate surface area is 94.6 Å². The summed E-state index contributed by atoms with van der Waals surface area (Å²) in [5.41, 5.74) is 6.81. The van der Waals surface area contributed by atoms with Crippen LogP contribution in [0, 0.1) is 0 Å². The van der Waals surface area contributed by atoms with E-state index in [0.29, 0.717) is 10.0 Å². The van der Waals surface area contributed by atoms with Gasteiger partial charge in [0.2, 0.25) is 0 Å². The van der Waals surface area contributed by atoms with Crippen molar-refractivity contribution in [2.24, 2.45) is 5.73 Å². The summed E-state index contributed by atoms with van der Waals surface area (Å²) < 4.78 is 0. The lowest BCUT2D eigenvalue weighted by molar-refractivity contribution is 0.699. The van der Waals surface area contributed by atoms with E-state index in [9.17, 15) is 0 Å². The molecule has 1 nitrogen and oxygen atoms in total. The van der Waals surface area contributed by atoms with E-state index >= 15 is 0 Å². The molecule has 1 aromatic rings. The van der Waals surface area contributed by atoms with E-state index in [2.05, 4.69) is 0 Å². The van der Waals surface area contributed by atoms with E-state index in [-0.39, 0.29) is 18.4 Å². The monoisotopic (exact) mass is 239 g/mol. The minimum absolute atomic E-state index is 0. The molecule has 0 bridgehead atoms. The number of halogens is 3. The van der Waals surface area contributed by atoms with Crippen LogP contribution in [0.2, 0.25) is 10.0 Å². The van der Waals surface area contributed by atoms with Crippen molar-refractivity contribution in [1.82, 2.24) is 0 Å². The zero-order chi connectivity index (χ0) is 9.14. The lowest BCUT2D eigenvalue weighted by Crippen LogP contribution is -2.08. The third-order valence-electron chi connectivity index (χ3n) is 1.75. The number of hydrogen-bond acceptors (Lipinski definition) is 1. The first-order chi connectivity index (χ1) is 5.63. The van der Waals surface area contributed by atoms with Gasteiger partial charge in [-0.2, -0.15) is 0 Å². The molecular weight excluding hydrogens is 228 g/mol. The molecule has 0 fully saturated rings. The summed E-state index contributed by atoms with van der Waals surface area (Å²) in [4.78, 5) is 0. The fourth-order valence-electron chi connectivity index (χ4n) is 1.02. The van der Waals surface area contributed by atoms with Crippen LogP contribution in [0.1, 0.15) is 24.9 Å². The Morgan fingerprint density at radius 1 is 1.23 bits per heavy atom. The molecule has 0 heterocycles. The molecule has 0 aliphatic rings. The van der Waals surface area contributed by atoms with Gasteiger partial charge in [0.1, 0.15) is 0 Å². The molecule has 0 aliphatic carbocycles. The van der Waals surface area contributed by atoms with Gasteiger partial charge >= 0.3 is 0 Å². The van der Waals surface area contributed by atoms with Gasteiger partial charge in [-0.3, -0.25) is 0 Å². The summed E-state index contributed by atoms with van der Waals surface area (Å²) in [5, 5.41) is 1.28. The summed E-state index contributed by atoms with van der Waals surface area (Å²) >= 11 is 11.6. The van der Waals surface area contributed by atoms with Crippen molar-refractivity contribution in [3.8, 4) is 0 Å². The van der Waals surface area contributed by atoms with E-state index in [1.54, 1.807) is 6.07 Å². The highest BCUT2D eigenvalue weighted by Crippen LogP contribution is 2.23. The molecule has 1 rings (SSSR count). The highest BCUT2D eigenvalue weighted by molar-refractivity contribution is 6.34. The van der Waals surface area contributed by atoms with E-state index < -0.39 is 0 Å². The molecule has 0 saturated carbocycles. The first-order valence-electron chi connectivity index (χ1n) is 3.85. The van der Waals surface area contributed by atoms with Gasteiger partial charge in [-0.05, 0) is 30.2 Å². The SMILES string of the molecule is CC[C@@H](N)c1cc(Cl)cc(Cl)c1.Cl. The maximum Gasteiger partial charge on any atom is 0.0424 e. The van der Waals surface area contributed by atoms with Crippen LogP contribution in [-0.2, 0) is 0 Å². The van der Waals surface area contributed by atoms with Crippen LogP contribution in [0.25, 0.3) is 0 Å². The van der Waals surface area contributed by atoms with Crippen LogP contribution in [0.5, 0.6) is 0 Å². The van der Waals surface area contributed by atoms with Gasteiger partial charge in [0, 0.05) is 16.1 Å². The average molecular weight is 241 g/mol. The Balaban J connectivity index is 0.00000144. The van der Waals surface area contributed by atoms with Crippen molar-refractivity contribution >= 4 is 35.6 Å². The number of hydrogen-bond donors (Lipinski definition) is 1. The third-order valence-corrected chi connectivity index (χ3v) is 2.19. The molecule has 74 valence electrons. The Morgan fingerprint density at radius 3 is 2.08 bits per heavy atom. The predicted molar refractivity (Wildman–Crippen MR) is 60.9 cm³/mol. The quantitative estimate of drug-likeness (QED) is 0.835. The van der Waals surface area contributed by atoms with Crippen LogP contribution in [-0.4, -0.2) is 0 Å². The van der Waals surface area contributed by atoms with Gasteiger partial charge < -0.3 is 5.73 Å². The molecule has 0 aromatic heterocycles. The Kier molecular flexibility index (Phi) is 5.73. The zero-order valence-electron chi connectivity index (χ0n) is 7.26. The van der Waals surface area contributed by atoms with Crippen LogP contribution >= 0.6 is 35.6 Å². The van der Waals surface area contributed by atoms with Gasteiger partial charge in [0.05, 0.1) is 0 Å². The van der Waals surface area contributed by atoms with Crippen molar-refractivity contribution in [2.45, 2.75) is 19.4 Å². The average Bonchev–Trinajstić information content (AvgIpc) is 2.01. The van der Waals surface area contributed by atoms with Crippen molar-refractivity contribution < 1.29 is 0 Å². The highest BCUT2D eigenvalue weighted by atomic mass is 35.5. The summed E-state index contributed by atoms with van der Waals surface area (Å²) in [6, 6.07) is 5.43. The lowest BCUT2D eigenvalue weighted by Gasteiger charge is -2.09. The largest absolute Gasteiger partial charge is 0.324 e. The van der Waals surface area contributed by atoms with E-state index in [1.807, 2.05) is 19.1 Å². The molecule has 1 aromatic carbocycles. The molecule has 1 atom stereocenters. The van der Waals surface area contributed by atoms with Crippen molar-refractivity contribution in [2.75, 3.05) is 0 Å². The van der Waals surface area contributed by atoms with Gasteiger partial charge in [-0.15, -0.1) is 12.4 Å². The lowest BCUT2D eigenvalue weighted by atomic mass is 10.1. The fourth-order valence-corrected chi connectivity index (χ4v) is 1.57. The Bertz CT molecular complexity index is 255. The summed E-state index contributed by atoms with van der Waals surface area (Å²) in [6.07, 6.45) is 0.886. The van der Waals surface area contributed by atoms with Gasteiger partial charge in [0.25, 0.3) is 0 Å². The van der Waals surface area contributed by atoms with Gasteiger partial charge in [0.15, 0.2) is 0 Å². The fraction of sp³-hybridized carbons (Fsp3) is 0.333. The number of benzene rings is 1. The summed E-state index contributed by atoms with van der Waals surface area (Å²) in [5.74, 6) is 0. The van der Waals surface area contributed by atoms with E-state index in [4.69, 9.17) is 28.9 Å². The third kappa shape index (κ3) is 3.74. The molecule has 0 saturated heterocycles. The minimum Gasteiger partial charge on any atom is -0.324 e. The maximum atomic E-state index is 5.81. The molecule has 2 N–H and O–H groups in total. The van der Waals surface area contributed by atoms with Gasteiger partial charge in [-0.25, -0.2) is 0 Å². The molecule has 0 amide bonds. The van der Waals surface area contributed by atoms with Crippen molar-refractivity contribution in [1.29, 1.82) is 0 Å². The first kappa shape index (κ1) is 13.1. The molecule has 13 heavy (non-hydrogen) atoms. The maximum absolute atomic E-state index is 5.81. The molecule has 4 heteroatoms. The second-order valence-electron chi connectivity index (χ2n) is 2.72. The van der Waals surface area contributed by atoms with Gasteiger partial charge in [-0.1, -0.05) is 30.1 Å². The summed E-state index contributed by atoms with van der Waals surface area (Å²) in [6.45, 7) is 2.03. The van der Waals surface area contributed by atoms with Crippen LogP contribution in [0.4, 0.5) is 0 Å². The van der Waals surface area contributed by atoms with Crippen LogP contribution in [0.3, 0.4) is 0 Å². The van der Waals surface area contributed by atoms with E-state index in [1.165, 1.54) is 0 Å². The Morgan fingerprint density at radius 2 is 1.69 bits per heavy atom. The molecule has 0 aliphatic heterocycles. The normalized spacial score (nSPS) is 12.0. The molecule has 0 spiro atoms. The molecule has 0 radical (unpaired) electrons. The van der Waals surface area contributed by atoms with Crippen LogP contribution in [0.15, 0.2) is 18.2 Å². The topological polar surface area (TPSA) is 26.0 Å². The standard InChI is InChI=1S/C9H11Cl2N.ClH/c1-2-9(12)6-3-7(10)5-8(11)4-6;/h3-5,9H,2,12H2,1H3;1H/t9-;/m1./s1. The number of nitrogens with two attached hydrogens (primary N) is 1. The van der Waals surface area contributed by atoms with Crippen LogP contribution < -0.4 is 5.73 Å². The predicted octanol–water partition coefficient (Wildman–Crippen LogP) is 3.83. The second-order valence-corrected chi connectivity index (χ2v) is 3.59. The zero-order valence-corrected chi connectivity index (χ0v) is 9.59. The van der Waals surface area contributed by atoms with Crippen molar-refractivity contribution in [3.05, 3.63) is 33.8 Å². The number of rotatable bonds is 2. The van der Waals surface area contributed by atoms with E-state index in [0.717, 1.165) is 12.0 Å². The molecule has 0 unspecified atom stereocenters. The second kappa shape index (κ2) is 5.71. The highest BCUT2D eigenvalue weighted by Gasteiger charge is 2.04. The summed E-state index contributed by atoms with van der Waals surface area (Å²) in [7, 11) is 0. The van der Waals surface area contributed by atoms with Crippen molar-refractivity contribution in [3.63, 3.8) is 0 Å². The minimum atomic E-state index is 0. The molecular formula is C9H12Cl3N.